The summed E-state index contributed by atoms with van der Waals surface area (Å²) in [6.45, 7) is 11.2. The van der Waals surface area contributed by atoms with Gasteiger partial charge in [-0.3, -0.25) is 14.4 Å². The van der Waals surface area contributed by atoms with Crippen molar-refractivity contribution in [1.29, 1.82) is 0 Å². The molecule has 2 aliphatic rings. The maximum atomic E-state index is 13.1. The van der Waals surface area contributed by atoms with Crippen LogP contribution in [0.15, 0.2) is 22.8 Å². The Hall–Kier alpha value is -2.35. The monoisotopic (exact) mass is 390 g/mol. The smallest absolute Gasteiger partial charge is 0.289 e. The van der Waals surface area contributed by atoms with E-state index in [1.807, 2.05) is 0 Å². The van der Waals surface area contributed by atoms with E-state index in [-0.39, 0.29) is 17.7 Å². The molecule has 3 rings (SSSR count). The molecule has 0 spiro atoms. The number of hydrogen-bond donors (Lipinski definition) is 0. The zero-order chi connectivity index (χ0) is 20.3. The molecule has 8 nitrogen and oxygen atoms in total. The van der Waals surface area contributed by atoms with Crippen LogP contribution in [0.4, 0.5) is 0 Å². The summed E-state index contributed by atoms with van der Waals surface area (Å²) in [4.78, 5) is 45.9. The lowest BCUT2D eigenvalue weighted by Gasteiger charge is -2.41. The molecule has 3 amide bonds. The quantitative estimate of drug-likeness (QED) is 0.709. The normalized spacial score (nSPS) is 19.0. The van der Waals surface area contributed by atoms with Crippen molar-refractivity contribution in [2.45, 2.75) is 20.8 Å². The minimum Gasteiger partial charge on any atom is -0.459 e. The molecule has 0 bridgehead atoms. The van der Waals surface area contributed by atoms with Crippen LogP contribution < -0.4 is 0 Å². The minimum atomic E-state index is -1.10. The standard InChI is InChI=1S/C20H30N4O4/c1-4-21-7-9-23(10-8-21)18(26)20(2,3)19(27)24-13-11-22(12-14-24)17(25)16-6-5-15-28-16/h5-6,15H,4,7-14H2,1-3H3. The van der Waals surface area contributed by atoms with Gasteiger partial charge in [0.1, 0.15) is 5.41 Å². The predicted octanol–water partition coefficient (Wildman–Crippen LogP) is 0.754. The van der Waals surface area contributed by atoms with E-state index in [1.165, 1.54) is 6.26 Å². The SMILES string of the molecule is CCN1CCN(C(=O)C(C)(C)C(=O)N2CCN(C(=O)c3ccco3)CC2)CC1. The van der Waals surface area contributed by atoms with Crippen LogP contribution in [0.25, 0.3) is 0 Å². The fourth-order valence-corrected chi connectivity index (χ4v) is 3.82. The summed E-state index contributed by atoms with van der Waals surface area (Å²) in [6, 6.07) is 3.32. The third-order valence-electron chi connectivity index (χ3n) is 5.76. The maximum absolute atomic E-state index is 13.1. The van der Waals surface area contributed by atoms with Gasteiger partial charge in [0, 0.05) is 52.4 Å². The van der Waals surface area contributed by atoms with Crippen molar-refractivity contribution in [3.8, 4) is 0 Å². The van der Waals surface area contributed by atoms with Crippen molar-refractivity contribution in [2.24, 2.45) is 5.41 Å². The molecule has 0 aromatic carbocycles. The second kappa shape index (κ2) is 8.34. The summed E-state index contributed by atoms with van der Waals surface area (Å²) in [6.07, 6.45) is 1.47. The number of carbonyl (C=O) groups excluding carboxylic acids is 3. The number of hydrogen-bond acceptors (Lipinski definition) is 5. The van der Waals surface area contributed by atoms with Crippen molar-refractivity contribution in [3.05, 3.63) is 24.2 Å². The lowest BCUT2D eigenvalue weighted by atomic mass is 9.89. The van der Waals surface area contributed by atoms with E-state index < -0.39 is 5.41 Å². The summed E-state index contributed by atoms with van der Waals surface area (Å²) in [5.41, 5.74) is -1.10. The summed E-state index contributed by atoms with van der Waals surface area (Å²) in [5, 5.41) is 0. The lowest BCUT2D eigenvalue weighted by Crippen LogP contribution is -2.58. The number of furan rings is 1. The molecule has 154 valence electrons. The van der Waals surface area contributed by atoms with Crippen LogP contribution in [0.2, 0.25) is 0 Å². The van der Waals surface area contributed by atoms with Crippen molar-refractivity contribution < 1.29 is 18.8 Å². The molecule has 2 saturated heterocycles. The van der Waals surface area contributed by atoms with Gasteiger partial charge in [0.25, 0.3) is 5.91 Å². The van der Waals surface area contributed by atoms with Crippen molar-refractivity contribution >= 4 is 17.7 Å². The zero-order valence-corrected chi connectivity index (χ0v) is 17.0. The highest BCUT2D eigenvalue weighted by Gasteiger charge is 2.43. The van der Waals surface area contributed by atoms with E-state index in [4.69, 9.17) is 4.42 Å². The number of likely N-dealkylation sites (N-methyl/N-ethyl adjacent to an activating group) is 1. The Kier molecular flexibility index (Phi) is 6.07. The molecule has 1 aromatic rings. The molecular weight excluding hydrogens is 360 g/mol. The van der Waals surface area contributed by atoms with Gasteiger partial charge in [0.15, 0.2) is 5.76 Å². The van der Waals surface area contributed by atoms with Gasteiger partial charge in [0.2, 0.25) is 11.8 Å². The Morgan fingerprint density at radius 2 is 1.39 bits per heavy atom. The highest BCUT2D eigenvalue weighted by atomic mass is 16.3. The molecule has 2 fully saturated rings. The number of carbonyl (C=O) groups is 3. The molecule has 0 N–H and O–H groups in total. The Balaban J connectivity index is 1.56. The minimum absolute atomic E-state index is 0.109. The van der Waals surface area contributed by atoms with Gasteiger partial charge < -0.3 is 24.0 Å². The van der Waals surface area contributed by atoms with E-state index in [2.05, 4.69) is 11.8 Å². The van der Waals surface area contributed by atoms with E-state index in [0.717, 1.165) is 19.6 Å². The average Bonchev–Trinajstić information content (AvgIpc) is 3.27. The molecule has 2 aliphatic heterocycles. The second-order valence-electron chi connectivity index (χ2n) is 7.91. The Labute approximate surface area is 166 Å². The summed E-state index contributed by atoms with van der Waals surface area (Å²) >= 11 is 0. The maximum Gasteiger partial charge on any atom is 0.289 e. The molecule has 1 aromatic heterocycles. The molecule has 0 atom stereocenters. The number of nitrogens with zero attached hydrogens (tertiary/aromatic N) is 4. The molecule has 0 saturated carbocycles. The number of amides is 3. The van der Waals surface area contributed by atoms with Crippen molar-refractivity contribution in [3.63, 3.8) is 0 Å². The van der Waals surface area contributed by atoms with Gasteiger partial charge in [-0.2, -0.15) is 0 Å². The molecule has 0 unspecified atom stereocenters. The molecule has 0 aliphatic carbocycles. The first kappa shape index (κ1) is 20.4. The highest BCUT2D eigenvalue weighted by molar-refractivity contribution is 6.04. The topological polar surface area (TPSA) is 77.3 Å². The third-order valence-corrected chi connectivity index (χ3v) is 5.76. The first-order valence-electron chi connectivity index (χ1n) is 9.98. The molecule has 28 heavy (non-hydrogen) atoms. The second-order valence-corrected chi connectivity index (χ2v) is 7.91. The van der Waals surface area contributed by atoms with E-state index in [1.54, 1.807) is 40.7 Å². The van der Waals surface area contributed by atoms with Crippen LogP contribution in [0.3, 0.4) is 0 Å². The summed E-state index contributed by atoms with van der Waals surface area (Å²) < 4.78 is 5.17. The van der Waals surface area contributed by atoms with Gasteiger partial charge in [-0.05, 0) is 32.5 Å². The Bertz CT molecular complexity index is 700. The third kappa shape index (κ3) is 4.06. The first-order valence-corrected chi connectivity index (χ1v) is 9.98. The van der Waals surface area contributed by atoms with Crippen LogP contribution in [-0.2, 0) is 9.59 Å². The average molecular weight is 390 g/mol. The van der Waals surface area contributed by atoms with E-state index in [9.17, 15) is 14.4 Å². The van der Waals surface area contributed by atoms with Crippen molar-refractivity contribution in [1.82, 2.24) is 19.6 Å². The van der Waals surface area contributed by atoms with E-state index >= 15 is 0 Å². The Morgan fingerprint density at radius 1 is 0.893 bits per heavy atom. The molecule has 8 heteroatoms. The van der Waals surface area contributed by atoms with Gasteiger partial charge in [-0.25, -0.2) is 0 Å². The first-order chi connectivity index (χ1) is 13.3. The van der Waals surface area contributed by atoms with Gasteiger partial charge in [-0.15, -0.1) is 0 Å². The summed E-state index contributed by atoms with van der Waals surface area (Å²) in [7, 11) is 0. The molecule has 3 heterocycles. The van der Waals surface area contributed by atoms with Crippen molar-refractivity contribution in [2.75, 3.05) is 58.9 Å². The van der Waals surface area contributed by atoms with Crippen LogP contribution in [-0.4, -0.2) is 96.2 Å². The molecule has 0 radical (unpaired) electrons. The largest absolute Gasteiger partial charge is 0.459 e. The predicted molar refractivity (Wildman–Crippen MR) is 104 cm³/mol. The fraction of sp³-hybridized carbons (Fsp3) is 0.650. The van der Waals surface area contributed by atoms with Crippen LogP contribution in [0.5, 0.6) is 0 Å². The highest BCUT2D eigenvalue weighted by Crippen LogP contribution is 2.24. The van der Waals surface area contributed by atoms with Gasteiger partial charge >= 0.3 is 0 Å². The fourth-order valence-electron chi connectivity index (χ4n) is 3.82. The van der Waals surface area contributed by atoms with E-state index in [0.29, 0.717) is 45.0 Å². The van der Waals surface area contributed by atoms with Crippen LogP contribution in [0.1, 0.15) is 31.3 Å². The lowest BCUT2D eigenvalue weighted by molar-refractivity contribution is -0.156. The van der Waals surface area contributed by atoms with Gasteiger partial charge in [0.05, 0.1) is 6.26 Å². The number of rotatable bonds is 4. The Morgan fingerprint density at radius 3 is 1.86 bits per heavy atom. The zero-order valence-electron chi connectivity index (χ0n) is 17.0. The van der Waals surface area contributed by atoms with Crippen LogP contribution >= 0.6 is 0 Å². The summed E-state index contributed by atoms with van der Waals surface area (Å²) in [5.74, 6) is -0.134. The molecular formula is C20H30N4O4. The van der Waals surface area contributed by atoms with Crippen LogP contribution in [0, 0.1) is 5.41 Å². The van der Waals surface area contributed by atoms with Gasteiger partial charge in [-0.1, -0.05) is 6.92 Å². The number of piperazine rings is 2.